The summed E-state index contributed by atoms with van der Waals surface area (Å²) in [6, 6.07) is 14.3. The van der Waals surface area contributed by atoms with Gasteiger partial charge < -0.3 is 10.1 Å². The number of hydrogen-bond donors (Lipinski definition) is 1. The molecule has 0 bridgehead atoms. The van der Waals surface area contributed by atoms with E-state index in [1.54, 1.807) is 24.3 Å². The Balaban J connectivity index is 1.74. The molecule has 0 unspecified atom stereocenters. The standard InChI is InChI=1S/C17H13BrClNO2/c18-14-6-4-8-16(12-14)22-10-2-1-9-20-17(21)13-5-3-7-15(19)11-13/h3-8,11-12H,9-10H2,(H,20,21). The van der Waals surface area contributed by atoms with Crippen molar-refractivity contribution in [1.82, 2.24) is 5.32 Å². The van der Waals surface area contributed by atoms with Crippen LogP contribution in [-0.4, -0.2) is 19.1 Å². The van der Waals surface area contributed by atoms with E-state index < -0.39 is 0 Å². The molecular formula is C17H13BrClNO2. The smallest absolute Gasteiger partial charge is 0.252 e. The van der Waals surface area contributed by atoms with Crippen LogP contribution < -0.4 is 10.1 Å². The van der Waals surface area contributed by atoms with Gasteiger partial charge in [0.25, 0.3) is 5.91 Å². The molecule has 22 heavy (non-hydrogen) atoms. The average molecular weight is 379 g/mol. The van der Waals surface area contributed by atoms with E-state index in [4.69, 9.17) is 16.3 Å². The molecule has 3 nitrogen and oxygen atoms in total. The lowest BCUT2D eigenvalue weighted by Gasteiger charge is -2.02. The van der Waals surface area contributed by atoms with Crippen molar-refractivity contribution in [3.8, 4) is 17.6 Å². The number of nitrogens with one attached hydrogen (secondary N) is 1. The fourth-order valence-electron chi connectivity index (χ4n) is 1.65. The van der Waals surface area contributed by atoms with Gasteiger partial charge in [0.05, 0.1) is 6.54 Å². The van der Waals surface area contributed by atoms with Crippen LogP contribution in [0.15, 0.2) is 53.0 Å². The quantitative estimate of drug-likeness (QED) is 0.819. The van der Waals surface area contributed by atoms with E-state index in [2.05, 4.69) is 33.1 Å². The van der Waals surface area contributed by atoms with Crippen molar-refractivity contribution in [2.45, 2.75) is 0 Å². The lowest BCUT2D eigenvalue weighted by atomic mass is 10.2. The third-order valence-corrected chi connectivity index (χ3v) is 3.38. The SMILES string of the molecule is O=C(NCC#CCOc1cccc(Br)c1)c1cccc(Cl)c1. The topological polar surface area (TPSA) is 38.3 Å². The second-order valence-corrected chi connectivity index (χ2v) is 5.64. The minimum Gasteiger partial charge on any atom is -0.481 e. The van der Waals surface area contributed by atoms with Crippen LogP contribution in [0.5, 0.6) is 5.75 Å². The Labute approximate surface area is 142 Å². The van der Waals surface area contributed by atoms with Gasteiger partial charge >= 0.3 is 0 Å². The molecule has 2 rings (SSSR count). The number of benzene rings is 2. The summed E-state index contributed by atoms with van der Waals surface area (Å²) in [5.41, 5.74) is 0.514. The molecule has 0 heterocycles. The minimum absolute atomic E-state index is 0.204. The number of rotatable bonds is 4. The predicted molar refractivity (Wildman–Crippen MR) is 91.2 cm³/mol. The van der Waals surface area contributed by atoms with Crippen LogP contribution in [0.1, 0.15) is 10.4 Å². The van der Waals surface area contributed by atoms with Crippen LogP contribution in [0.3, 0.4) is 0 Å². The van der Waals surface area contributed by atoms with E-state index in [-0.39, 0.29) is 19.1 Å². The van der Waals surface area contributed by atoms with Crippen LogP contribution in [-0.2, 0) is 0 Å². The number of hydrogen-bond acceptors (Lipinski definition) is 2. The van der Waals surface area contributed by atoms with Crippen molar-refractivity contribution < 1.29 is 9.53 Å². The normalized spacial score (nSPS) is 9.55. The Hall–Kier alpha value is -1.96. The Kier molecular flexibility index (Phi) is 6.32. The maximum atomic E-state index is 11.8. The van der Waals surface area contributed by atoms with Gasteiger partial charge in [0.2, 0.25) is 0 Å². The van der Waals surface area contributed by atoms with Gasteiger partial charge in [0, 0.05) is 15.1 Å². The first kappa shape index (κ1) is 16.4. The zero-order valence-electron chi connectivity index (χ0n) is 11.6. The van der Waals surface area contributed by atoms with E-state index in [9.17, 15) is 4.79 Å². The molecule has 2 aromatic carbocycles. The van der Waals surface area contributed by atoms with Crippen molar-refractivity contribution in [3.05, 3.63) is 63.6 Å². The van der Waals surface area contributed by atoms with Crippen molar-refractivity contribution >= 4 is 33.4 Å². The molecule has 0 fully saturated rings. The first-order valence-corrected chi connectivity index (χ1v) is 7.70. The van der Waals surface area contributed by atoms with Crippen molar-refractivity contribution in [3.63, 3.8) is 0 Å². The maximum absolute atomic E-state index is 11.8. The summed E-state index contributed by atoms with van der Waals surface area (Å²) >= 11 is 9.20. The molecule has 0 saturated carbocycles. The zero-order chi connectivity index (χ0) is 15.8. The van der Waals surface area contributed by atoms with Crippen molar-refractivity contribution in [2.24, 2.45) is 0 Å². The number of carbonyl (C=O) groups is 1. The van der Waals surface area contributed by atoms with Gasteiger partial charge in [0.15, 0.2) is 0 Å². The van der Waals surface area contributed by atoms with Gasteiger partial charge in [-0.15, -0.1) is 0 Å². The molecule has 0 aliphatic carbocycles. The Morgan fingerprint density at radius 3 is 2.77 bits per heavy atom. The fourth-order valence-corrected chi connectivity index (χ4v) is 2.21. The third-order valence-electron chi connectivity index (χ3n) is 2.66. The lowest BCUT2D eigenvalue weighted by Crippen LogP contribution is -2.23. The summed E-state index contributed by atoms with van der Waals surface area (Å²) in [7, 11) is 0. The molecule has 0 aliphatic heterocycles. The summed E-state index contributed by atoms with van der Waals surface area (Å²) in [5, 5.41) is 3.23. The number of ether oxygens (including phenoxy) is 1. The summed E-state index contributed by atoms with van der Waals surface area (Å²) in [4.78, 5) is 11.8. The first-order chi connectivity index (χ1) is 10.6. The number of amides is 1. The molecule has 0 spiro atoms. The molecule has 5 heteroatoms. The highest BCUT2D eigenvalue weighted by molar-refractivity contribution is 9.10. The molecule has 112 valence electrons. The highest BCUT2D eigenvalue weighted by Gasteiger charge is 2.03. The van der Waals surface area contributed by atoms with E-state index in [0.717, 1.165) is 10.2 Å². The Morgan fingerprint density at radius 2 is 2.00 bits per heavy atom. The number of carbonyl (C=O) groups excluding carboxylic acids is 1. The molecule has 0 radical (unpaired) electrons. The highest BCUT2D eigenvalue weighted by atomic mass is 79.9. The maximum Gasteiger partial charge on any atom is 0.252 e. The van der Waals surface area contributed by atoms with Crippen molar-refractivity contribution in [2.75, 3.05) is 13.2 Å². The van der Waals surface area contributed by atoms with Crippen LogP contribution in [0, 0.1) is 11.8 Å². The number of halogens is 2. The lowest BCUT2D eigenvalue weighted by molar-refractivity contribution is 0.0958. The first-order valence-electron chi connectivity index (χ1n) is 6.53. The van der Waals surface area contributed by atoms with Gasteiger partial charge in [-0.3, -0.25) is 4.79 Å². The van der Waals surface area contributed by atoms with E-state index >= 15 is 0 Å². The summed E-state index contributed by atoms with van der Waals surface area (Å²) < 4.78 is 6.41. The fraction of sp³-hybridized carbons (Fsp3) is 0.118. The summed E-state index contributed by atoms with van der Waals surface area (Å²) in [6.45, 7) is 0.524. The van der Waals surface area contributed by atoms with Gasteiger partial charge in [-0.05, 0) is 36.4 Å². The average Bonchev–Trinajstić information content (AvgIpc) is 2.50. The molecule has 0 saturated heterocycles. The monoisotopic (exact) mass is 377 g/mol. The predicted octanol–water partition coefficient (Wildman–Crippen LogP) is 3.91. The van der Waals surface area contributed by atoms with Crippen LogP contribution in [0.25, 0.3) is 0 Å². The molecule has 0 atom stereocenters. The van der Waals surface area contributed by atoms with Crippen LogP contribution in [0.2, 0.25) is 5.02 Å². The largest absolute Gasteiger partial charge is 0.481 e. The molecular weight excluding hydrogens is 366 g/mol. The Morgan fingerprint density at radius 1 is 1.18 bits per heavy atom. The van der Waals surface area contributed by atoms with Gasteiger partial charge in [-0.25, -0.2) is 0 Å². The van der Waals surface area contributed by atoms with Gasteiger partial charge in [-0.2, -0.15) is 0 Å². The minimum atomic E-state index is -0.204. The zero-order valence-corrected chi connectivity index (χ0v) is 13.9. The highest BCUT2D eigenvalue weighted by Crippen LogP contribution is 2.17. The second kappa shape index (κ2) is 8.47. The summed E-state index contributed by atoms with van der Waals surface area (Å²) in [5.74, 6) is 6.22. The van der Waals surface area contributed by atoms with Gasteiger partial charge in [-0.1, -0.05) is 51.5 Å². The molecule has 1 amide bonds. The van der Waals surface area contributed by atoms with Crippen LogP contribution in [0.4, 0.5) is 0 Å². The van der Waals surface area contributed by atoms with E-state index in [1.807, 2.05) is 24.3 Å². The van der Waals surface area contributed by atoms with Crippen LogP contribution >= 0.6 is 27.5 Å². The molecule has 0 aliphatic rings. The molecule has 2 aromatic rings. The Bertz CT molecular complexity index is 722. The van der Waals surface area contributed by atoms with E-state index in [1.165, 1.54) is 0 Å². The molecule has 0 aromatic heterocycles. The molecule has 1 N–H and O–H groups in total. The van der Waals surface area contributed by atoms with E-state index in [0.29, 0.717) is 10.6 Å². The van der Waals surface area contributed by atoms with Gasteiger partial charge in [0.1, 0.15) is 12.4 Å². The summed E-state index contributed by atoms with van der Waals surface area (Å²) in [6.07, 6.45) is 0. The second-order valence-electron chi connectivity index (χ2n) is 4.29. The van der Waals surface area contributed by atoms with Crippen molar-refractivity contribution in [1.29, 1.82) is 0 Å². The third kappa shape index (κ3) is 5.44.